The Morgan fingerprint density at radius 3 is 1.49 bits per heavy atom. The third kappa shape index (κ3) is 4.73. The van der Waals surface area contributed by atoms with Crippen molar-refractivity contribution in [1.29, 1.82) is 0 Å². The van der Waals surface area contributed by atoms with Gasteiger partial charge in [-0.1, -0.05) is 146 Å². The van der Waals surface area contributed by atoms with Crippen molar-refractivity contribution in [3.05, 3.63) is 158 Å². The second-order valence-corrected chi connectivity index (χ2v) is 11.4. The van der Waals surface area contributed by atoms with E-state index in [1.807, 2.05) is 91.0 Å². The van der Waals surface area contributed by atoms with Crippen LogP contribution in [-0.2, 0) is 0 Å². The Labute approximate surface area is 270 Å². The van der Waals surface area contributed by atoms with Crippen molar-refractivity contribution >= 4 is 32.8 Å². The third-order valence-electron chi connectivity index (χ3n) is 8.54. The van der Waals surface area contributed by atoms with Crippen molar-refractivity contribution in [2.24, 2.45) is 0 Å². The van der Waals surface area contributed by atoms with Crippen LogP contribution in [0, 0.1) is 0 Å². The van der Waals surface area contributed by atoms with E-state index < -0.39 is 0 Å². The summed E-state index contributed by atoms with van der Waals surface area (Å²) in [6, 6.07) is 53.3. The number of hydrogen-bond acceptors (Lipinski definition) is 5. The minimum Gasteiger partial charge on any atom is -0.454 e. The highest BCUT2D eigenvalue weighted by atomic mass is 16.3. The van der Waals surface area contributed by atoms with E-state index in [0.29, 0.717) is 17.5 Å². The highest BCUT2D eigenvalue weighted by Gasteiger charge is 2.20. The molecule has 9 rings (SSSR count). The monoisotopic (exact) mass is 602 g/mol. The number of furan rings is 1. The maximum atomic E-state index is 6.52. The summed E-state index contributed by atoms with van der Waals surface area (Å²) in [5, 5.41) is 3.21. The van der Waals surface area contributed by atoms with E-state index in [0.717, 1.165) is 71.9 Å². The molecule has 47 heavy (non-hydrogen) atoms. The van der Waals surface area contributed by atoms with Crippen molar-refractivity contribution in [2.75, 3.05) is 0 Å². The fraction of sp³-hybridized carbons (Fsp3) is 0. The van der Waals surface area contributed by atoms with E-state index in [-0.39, 0.29) is 0 Å². The molecule has 5 heteroatoms. The predicted octanol–water partition coefficient (Wildman–Crippen LogP) is 10.7. The van der Waals surface area contributed by atoms with Gasteiger partial charge >= 0.3 is 0 Å². The smallest absolute Gasteiger partial charge is 0.164 e. The van der Waals surface area contributed by atoms with Crippen LogP contribution < -0.4 is 0 Å². The molecule has 0 unspecified atom stereocenters. The van der Waals surface area contributed by atoms with Crippen LogP contribution in [0.3, 0.4) is 0 Å². The maximum Gasteiger partial charge on any atom is 0.164 e. The Bertz CT molecular complexity index is 2490. The van der Waals surface area contributed by atoms with Gasteiger partial charge in [-0.15, -0.1) is 0 Å². The second-order valence-electron chi connectivity index (χ2n) is 11.4. The molecule has 220 valence electrons. The summed E-state index contributed by atoms with van der Waals surface area (Å²) in [5.41, 5.74) is 9.38. The number of aromatic nitrogens is 4. The van der Waals surface area contributed by atoms with Gasteiger partial charge in [0.15, 0.2) is 23.1 Å². The molecule has 3 heterocycles. The minimum atomic E-state index is 0.625. The van der Waals surface area contributed by atoms with Crippen molar-refractivity contribution in [3.63, 3.8) is 0 Å². The summed E-state index contributed by atoms with van der Waals surface area (Å²) in [7, 11) is 0. The first-order valence-corrected chi connectivity index (χ1v) is 15.6. The Morgan fingerprint density at radius 1 is 0.362 bits per heavy atom. The van der Waals surface area contributed by atoms with Gasteiger partial charge in [-0.3, -0.25) is 0 Å². The summed E-state index contributed by atoms with van der Waals surface area (Å²) in [6.45, 7) is 0. The summed E-state index contributed by atoms with van der Waals surface area (Å²) >= 11 is 0. The van der Waals surface area contributed by atoms with E-state index >= 15 is 0 Å². The first kappa shape index (κ1) is 26.9. The van der Waals surface area contributed by atoms with Crippen LogP contribution in [0.4, 0.5) is 0 Å². The number of pyridine rings is 1. The molecule has 0 aliphatic rings. The molecule has 0 spiro atoms. The number of benzene rings is 6. The molecule has 0 atom stereocenters. The molecular weight excluding hydrogens is 576 g/mol. The molecule has 5 nitrogen and oxygen atoms in total. The standard InChI is InChI=1S/C42H26N4O/c1-4-13-28(14-5-1)38-39-37(33-19-10-11-22-35(33)47-39)36-32(20-12-21-34(36)43-38)27-23-25-31(26-24-27)42-45-40(29-15-6-2-7-16-29)44-41(46-42)30-17-8-3-9-18-30/h1-26H. The zero-order valence-corrected chi connectivity index (χ0v) is 25.2. The van der Waals surface area contributed by atoms with E-state index in [9.17, 15) is 0 Å². The zero-order valence-electron chi connectivity index (χ0n) is 25.2. The lowest BCUT2D eigenvalue weighted by molar-refractivity contribution is 0.669. The van der Waals surface area contributed by atoms with Crippen LogP contribution in [0.1, 0.15) is 0 Å². The molecule has 0 fully saturated rings. The second kappa shape index (κ2) is 11.2. The molecule has 3 aromatic heterocycles. The first-order chi connectivity index (χ1) is 23.3. The van der Waals surface area contributed by atoms with Gasteiger partial charge in [-0.25, -0.2) is 19.9 Å². The molecule has 9 aromatic rings. The van der Waals surface area contributed by atoms with Gasteiger partial charge in [0, 0.05) is 38.4 Å². The van der Waals surface area contributed by atoms with Gasteiger partial charge in [0.05, 0.1) is 5.52 Å². The molecule has 0 aliphatic carbocycles. The van der Waals surface area contributed by atoms with E-state index in [1.54, 1.807) is 0 Å². The van der Waals surface area contributed by atoms with Crippen LogP contribution in [-0.4, -0.2) is 19.9 Å². The summed E-state index contributed by atoms with van der Waals surface area (Å²) in [5.74, 6) is 1.91. The van der Waals surface area contributed by atoms with Crippen LogP contribution >= 0.6 is 0 Å². The number of fused-ring (bicyclic) bond motifs is 5. The Balaban J connectivity index is 1.21. The summed E-state index contributed by atoms with van der Waals surface area (Å²) in [6.07, 6.45) is 0. The number of nitrogens with zero attached hydrogens (tertiary/aromatic N) is 4. The lowest BCUT2D eigenvalue weighted by Crippen LogP contribution is -2.00. The average Bonchev–Trinajstić information content (AvgIpc) is 3.55. The molecular formula is C42H26N4O. The van der Waals surface area contributed by atoms with Gasteiger partial charge in [0.1, 0.15) is 11.3 Å². The fourth-order valence-electron chi connectivity index (χ4n) is 6.30. The van der Waals surface area contributed by atoms with Crippen molar-refractivity contribution < 1.29 is 4.42 Å². The van der Waals surface area contributed by atoms with Crippen molar-refractivity contribution in [1.82, 2.24) is 19.9 Å². The van der Waals surface area contributed by atoms with E-state index in [2.05, 4.69) is 66.7 Å². The fourth-order valence-corrected chi connectivity index (χ4v) is 6.30. The lowest BCUT2D eigenvalue weighted by Gasteiger charge is -2.12. The molecule has 0 radical (unpaired) electrons. The summed E-state index contributed by atoms with van der Waals surface area (Å²) in [4.78, 5) is 19.8. The first-order valence-electron chi connectivity index (χ1n) is 15.6. The van der Waals surface area contributed by atoms with E-state index in [4.69, 9.17) is 24.4 Å². The normalized spacial score (nSPS) is 11.4. The largest absolute Gasteiger partial charge is 0.454 e. The molecule has 0 saturated heterocycles. The highest BCUT2D eigenvalue weighted by molar-refractivity contribution is 6.24. The molecule has 0 bridgehead atoms. The van der Waals surface area contributed by atoms with Crippen molar-refractivity contribution in [3.8, 4) is 56.5 Å². The van der Waals surface area contributed by atoms with Gasteiger partial charge in [0.2, 0.25) is 0 Å². The Hall–Kier alpha value is -6.46. The Morgan fingerprint density at radius 2 is 0.872 bits per heavy atom. The lowest BCUT2D eigenvalue weighted by atomic mass is 9.95. The van der Waals surface area contributed by atoms with Crippen LogP contribution in [0.25, 0.3) is 89.4 Å². The van der Waals surface area contributed by atoms with Crippen LogP contribution in [0.5, 0.6) is 0 Å². The Kier molecular flexibility index (Phi) is 6.39. The molecule has 0 saturated carbocycles. The SMILES string of the molecule is c1ccc(-c2nc(-c3ccccc3)nc(-c3ccc(-c4cccc5nc(-c6ccccc6)c6oc7ccccc7c6c45)cc3)n2)cc1. The molecule has 0 aliphatic heterocycles. The average molecular weight is 603 g/mol. The van der Waals surface area contributed by atoms with Crippen molar-refractivity contribution in [2.45, 2.75) is 0 Å². The quantitative estimate of drug-likeness (QED) is 0.196. The molecule has 0 amide bonds. The van der Waals surface area contributed by atoms with Gasteiger partial charge < -0.3 is 4.42 Å². The molecule has 0 N–H and O–H groups in total. The summed E-state index contributed by atoms with van der Waals surface area (Å²) < 4.78 is 6.52. The number of hydrogen-bond donors (Lipinski definition) is 0. The maximum absolute atomic E-state index is 6.52. The van der Waals surface area contributed by atoms with Gasteiger partial charge in [-0.05, 0) is 23.3 Å². The third-order valence-corrected chi connectivity index (χ3v) is 8.54. The number of rotatable bonds is 5. The topological polar surface area (TPSA) is 64.7 Å². The van der Waals surface area contributed by atoms with Gasteiger partial charge in [0.25, 0.3) is 0 Å². The van der Waals surface area contributed by atoms with Crippen LogP contribution in [0.15, 0.2) is 162 Å². The van der Waals surface area contributed by atoms with Gasteiger partial charge in [-0.2, -0.15) is 0 Å². The minimum absolute atomic E-state index is 0.625. The van der Waals surface area contributed by atoms with Crippen LogP contribution in [0.2, 0.25) is 0 Å². The zero-order chi connectivity index (χ0) is 31.2. The number of para-hydroxylation sites is 1. The highest BCUT2D eigenvalue weighted by Crippen LogP contribution is 2.42. The predicted molar refractivity (Wildman–Crippen MR) is 190 cm³/mol. The molecule has 6 aromatic carbocycles. The van der Waals surface area contributed by atoms with E-state index in [1.165, 1.54) is 0 Å².